The Morgan fingerprint density at radius 3 is 2.62 bits per heavy atom. The number of rotatable bonds is 12. The summed E-state index contributed by atoms with van der Waals surface area (Å²) in [4.78, 5) is 21.9. The first kappa shape index (κ1) is 27.3. The minimum atomic E-state index is -3.61. The van der Waals surface area contributed by atoms with Gasteiger partial charge in [0.1, 0.15) is 5.82 Å². The molecule has 0 radical (unpaired) electrons. The summed E-state index contributed by atoms with van der Waals surface area (Å²) in [5.74, 6) is 0.390. The molecule has 0 aliphatic carbocycles. The molecule has 1 aromatic carbocycles. The van der Waals surface area contributed by atoms with E-state index in [2.05, 4.69) is 25.7 Å². The van der Waals surface area contributed by atoms with Crippen molar-refractivity contribution < 1.29 is 22.7 Å². The Morgan fingerprint density at radius 1 is 1.16 bits per heavy atom. The molecule has 0 saturated carbocycles. The highest BCUT2D eigenvalue weighted by atomic mass is 32.2. The van der Waals surface area contributed by atoms with Crippen LogP contribution >= 0.6 is 11.8 Å². The molecule has 3 aromatic rings. The van der Waals surface area contributed by atoms with E-state index in [1.165, 1.54) is 40.3 Å². The number of carbonyl (C=O) groups excluding carboxylic acids is 1. The summed E-state index contributed by atoms with van der Waals surface area (Å²) in [5, 5.41) is 12.0. The molecule has 1 aliphatic rings. The summed E-state index contributed by atoms with van der Waals surface area (Å²) in [5.41, 5.74) is 1.05. The first-order chi connectivity index (χ1) is 17.9. The predicted molar refractivity (Wildman–Crippen MR) is 140 cm³/mol. The summed E-state index contributed by atoms with van der Waals surface area (Å²) in [6.45, 7) is 5.89. The molecule has 2 aromatic heterocycles. The van der Waals surface area contributed by atoms with E-state index in [9.17, 15) is 13.2 Å². The fraction of sp³-hybridized carbons (Fsp3) is 0.478. The van der Waals surface area contributed by atoms with Crippen LogP contribution in [0.1, 0.15) is 17.3 Å². The summed E-state index contributed by atoms with van der Waals surface area (Å²) in [6, 6.07) is 5.96. The lowest BCUT2D eigenvalue weighted by atomic mass is 10.2. The van der Waals surface area contributed by atoms with Crippen LogP contribution in [-0.4, -0.2) is 97.2 Å². The van der Waals surface area contributed by atoms with Gasteiger partial charge in [0.2, 0.25) is 10.0 Å². The van der Waals surface area contributed by atoms with Gasteiger partial charge in [0.15, 0.2) is 10.8 Å². The zero-order chi connectivity index (χ0) is 26.3. The highest BCUT2D eigenvalue weighted by Crippen LogP contribution is 2.23. The van der Waals surface area contributed by atoms with Crippen LogP contribution in [0.3, 0.4) is 0 Å². The second-order valence-corrected chi connectivity index (χ2v) is 10.8. The fourth-order valence-corrected chi connectivity index (χ4v) is 5.57. The normalized spacial score (nSPS) is 14.6. The molecule has 12 nitrogen and oxygen atoms in total. The Labute approximate surface area is 220 Å². The van der Waals surface area contributed by atoms with E-state index in [0.29, 0.717) is 81.3 Å². The van der Waals surface area contributed by atoms with Gasteiger partial charge in [-0.15, -0.1) is 0 Å². The van der Waals surface area contributed by atoms with Gasteiger partial charge in [0, 0.05) is 38.3 Å². The van der Waals surface area contributed by atoms with Gasteiger partial charge >= 0.3 is 0 Å². The molecule has 0 atom stereocenters. The number of anilines is 1. The molecule has 200 valence electrons. The Bertz CT molecular complexity index is 1310. The van der Waals surface area contributed by atoms with Gasteiger partial charge in [-0.2, -0.15) is 9.40 Å². The number of nitrogens with zero attached hydrogens (tertiary/aromatic N) is 5. The minimum absolute atomic E-state index is 0.156. The van der Waals surface area contributed by atoms with Gasteiger partial charge in [-0.05, 0) is 37.4 Å². The smallest absolute Gasteiger partial charge is 0.251 e. The Morgan fingerprint density at radius 2 is 1.92 bits per heavy atom. The van der Waals surface area contributed by atoms with Crippen molar-refractivity contribution in [3.63, 3.8) is 0 Å². The van der Waals surface area contributed by atoms with Crippen molar-refractivity contribution in [1.29, 1.82) is 0 Å². The van der Waals surface area contributed by atoms with E-state index >= 15 is 0 Å². The third kappa shape index (κ3) is 6.57. The van der Waals surface area contributed by atoms with Crippen molar-refractivity contribution in [2.24, 2.45) is 0 Å². The van der Waals surface area contributed by atoms with Crippen molar-refractivity contribution in [2.45, 2.75) is 23.5 Å². The number of sulfonamides is 1. The van der Waals surface area contributed by atoms with Crippen molar-refractivity contribution in [3.8, 4) is 0 Å². The summed E-state index contributed by atoms with van der Waals surface area (Å²) < 4.78 is 39.3. The SMILES string of the molecule is CCOCCNc1nc(SC)nc2c1cnn2CCNC(=O)c1ccc(S(=O)(=O)N2CCOCC2)cc1. The van der Waals surface area contributed by atoms with E-state index in [4.69, 9.17) is 9.47 Å². The number of carbonyl (C=O) groups is 1. The fourth-order valence-electron chi connectivity index (χ4n) is 3.80. The van der Waals surface area contributed by atoms with Crippen LogP contribution in [0, 0.1) is 0 Å². The van der Waals surface area contributed by atoms with Gasteiger partial charge in [0.25, 0.3) is 5.91 Å². The molecule has 3 heterocycles. The number of hydrogen-bond acceptors (Lipinski definition) is 10. The topological polar surface area (TPSA) is 141 Å². The van der Waals surface area contributed by atoms with Gasteiger partial charge in [0.05, 0.1) is 42.8 Å². The maximum atomic E-state index is 12.8. The van der Waals surface area contributed by atoms with E-state index in [1.807, 2.05) is 13.2 Å². The summed E-state index contributed by atoms with van der Waals surface area (Å²) in [7, 11) is -3.61. The summed E-state index contributed by atoms with van der Waals surface area (Å²) in [6.07, 6.45) is 3.61. The summed E-state index contributed by atoms with van der Waals surface area (Å²) >= 11 is 1.44. The Kier molecular flexibility index (Phi) is 9.32. The van der Waals surface area contributed by atoms with Crippen molar-refractivity contribution >= 4 is 44.5 Å². The minimum Gasteiger partial charge on any atom is -0.380 e. The molecule has 1 aliphatic heterocycles. The monoisotopic (exact) mass is 549 g/mol. The number of nitrogens with one attached hydrogen (secondary N) is 2. The maximum absolute atomic E-state index is 12.8. The highest BCUT2D eigenvalue weighted by molar-refractivity contribution is 7.98. The molecule has 0 bridgehead atoms. The second-order valence-electron chi connectivity index (χ2n) is 8.08. The number of ether oxygens (including phenoxy) is 2. The molecular formula is C23H31N7O5S2. The average Bonchev–Trinajstić information content (AvgIpc) is 3.34. The Hall–Kier alpha value is -2.78. The second kappa shape index (κ2) is 12.6. The number of morpholine rings is 1. The zero-order valence-electron chi connectivity index (χ0n) is 20.8. The van der Waals surface area contributed by atoms with Gasteiger partial charge in [-0.3, -0.25) is 4.79 Å². The van der Waals surface area contributed by atoms with Crippen molar-refractivity contribution in [2.75, 3.05) is 64.2 Å². The quantitative estimate of drug-likeness (QED) is 0.194. The number of aromatic nitrogens is 4. The molecule has 1 amide bonds. The molecular weight excluding hydrogens is 518 g/mol. The van der Waals surface area contributed by atoms with Crippen LogP contribution in [0.15, 0.2) is 40.5 Å². The van der Waals surface area contributed by atoms with Crippen molar-refractivity contribution in [1.82, 2.24) is 29.4 Å². The van der Waals surface area contributed by atoms with E-state index < -0.39 is 10.0 Å². The number of benzene rings is 1. The van der Waals surface area contributed by atoms with E-state index in [-0.39, 0.29) is 10.8 Å². The molecule has 1 saturated heterocycles. The van der Waals surface area contributed by atoms with Gasteiger partial charge < -0.3 is 20.1 Å². The lowest BCUT2D eigenvalue weighted by Gasteiger charge is -2.26. The van der Waals surface area contributed by atoms with Gasteiger partial charge in [-0.25, -0.2) is 23.1 Å². The molecule has 0 spiro atoms. The van der Waals surface area contributed by atoms with E-state index in [0.717, 1.165) is 5.39 Å². The Balaban J connectivity index is 1.37. The molecule has 1 fully saturated rings. The van der Waals surface area contributed by atoms with Crippen LogP contribution < -0.4 is 10.6 Å². The van der Waals surface area contributed by atoms with Crippen LogP contribution in [0.5, 0.6) is 0 Å². The number of amides is 1. The predicted octanol–water partition coefficient (Wildman–Crippen LogP) is 1.45. The van der Waals surface area contributed by atoms with Crippen molar-refractivity contribution in [3.05, 3.63) is 36.0 Å². The van der Waals surface area contributed by atoms with Crippen LogP contribution in [0.2, 0.25) is 0 Å². The maximum Gasteiger partial charge on any atom is 0.251 e. The molecule has 37 heavy (non-hydrogen) atoms. The number of thioether (sulfide) groups is 1. The molecule has 14 heteroatoms. The third-order valence-corrected chi connectivity index (χ3v) is 8.20. The molecule has 4 rings (SSSR count). The third-order valence-electron chi connectivity index (χ3n) is 5.73. The van der Waals surface area contributed by atoms with Crippen LogP contribution in [-0.2, 0) is 26.0 Å². The highest BCUT2D eigenvalue weighted by Gasteiger charge is 2.26. The van der Waals surface area contributed by atoms with Crippen LogP contribution in [0.25, 0.3) is 11.0 Å². The molecule has 2 N–H and O–H groups in total. The average molecular weight is 550 g/mol. The first-order valence-electron chi connectivity index (χ1n) is 12.0. The first-order valence-corrected chi connectivity index (χ1v) is 14.7. The molecule has 0 unspecified atom stereocenters. The largest absolute Gasteiger partial charge is 0.380 e. The number of fused-ring (bicyclic) bond motifs is 1. The van der Waals surface area contributed by atoms with E-state index in [1.54, 1.807) is 10.9 Å². The number of hydrogen-bond donors (Lipinski definition) is 2. The zero-order valence-corrected chi connectivity index (χ0v) is 22.5. The lowest BCUT2D eigenvalue weighted by Crippen LogP contribution is -2.40. The van der Waals surface area contributed by atoms with Gasteiger partial charge in [-0.1, -0.05) is 11.8 Å². The lowest BCUT2D eigenvalue weighted by molar-refractivity contribution is 0.0730. The van der Waals surface area contributed by atoms with Crippen LogP contribution in [0.4, 0.5) is 5.82 Å². The standard InChI is InChI=1S/C23H31N7O5S2/c1-3-34-13-9-24-20-19-16-26-30(21(19)28-23(27-20)36-2)10-8-25-22(31)17-4-6-18(7-5-17)37(32,33)29-11-14-35-15-12-29/h4-7,16H,3,8-15H2,1-2H3,(H,25,31)(H,24,27,28).